The third-order valence-corrected chi connectivity index (χ3v) is 2.58. The molecule has 2 unspecified atom stereocenters. The summed E-state index contributed by atoms with van der Waals surface area (Å²) in [7, 11) is 0. The van der Waals surface area contributed by atoms with Crippen LogP contribution in [0.4, 0.5) is 0 Å². The van der Waals surface area contributed by atoms with Gasteiger partial charge in [0.25, 0.3) is 0 Å². The minimum atomic E-state index is -2.63. The van der Waals surface area contributed by atoms with Crippen LogP contribution in [0.15, 0.2) is 0 Å². The van der Waals surface area contributed by atoms with Crippen LogP contribution < -0.4 is 0 Å². The number of hydrogen-bond acceptors (Lipinski definition) is 5. The Balaban J connectivity index is 4.48. The van der Waals surface area contributed by atoms with Gasteiger partial charge in [0.1, 0.15) is 0 Å². The molecule has 0 aliphatic heterocycles. The van der Waals surface area contributed by atoms with E-state index < -0.39 is 42.5 Å². The Morgan fingerprint density at radius 1 is 1.21 bits per heavy atom. The van der Waals surface area contributed by atoms with Gasteiger partial charge in [0.05, 0.1) is 18.9 Å². The lowest BCUT2D eigenvalue weighted by Crippen LogP contribution is -2.43. The molecule has 0 aliphatic carbocycles. The summed E-state index contributed by atoms with van der Waals surface area (Å²) in [6, 6.07) is 0. The SMILES string of the molecule is CCCCC(C)OC(=O)CC(O)(CC(=O)O)C(=O)O. The monoisotopic (exact) mass is 276 g/mol. The largest absolute Gasteiger partial charge is 0.481 e. The predicted octanol–water partition coefficient (Wildman–Crippen LogP) is 0.789. The van der Waals surface area contributed by atoms with Gasteiger partial charge >= 0.3 is 17.9 Å². The molecule has 19 heavy (non-hydrogen) atoms. The fourth-order valence-corrected chi connectivity index (χ4v) is 1.52. The minimum absolute atomic E-state index is 0.393. The molecule has 0 heterocycles. The van der Waals surface area contributed by atoms with Gasteiger partial charge in [-0.2, -0.15) is 0 Å². The molecule has 0 saturated heterocycles. The van der Waals surface area contributed by atoms with Gasteiger partial charge in [0.15, 0.2) is 5.60 Å². The highest BCUT2D eigenvalue weighted by Gasteiger charge is 2.41. The van der Waals surface area contributed by atoms with Crippen LogP contribution >= 0.6 is 0 Å². The highest BCUT2D eigenvalue weighted by molar-refractivity contribution is 5.88. The second-order valence-electron chi connectivity index (χ2n) is 4.53. The van der Waals surface area contributed by atoms with E-state index >= 15 is 0 Å². The summed E-state index contributed by atoms with van der Waals surface area (Å²) in [6.07, 6.45) is 0.0842. The van der Waals surface area contributed by atoms with E-state index in [1.165, 1.54) is 0 Å². The van der Waals surface area contributed by atoms with E-state index in [2.05, 4.69) is 0 Å². The smallest absolute Gasteiger partial charge is 0.336 e. The number of rotatable bonds is 9. The van der Waals surface area contributed by atoms with Gasteiger partial charge in [-0.3, -0.25) is 9.59 Å². The van der Waals surface area contributed by atoms with E-state index in [0.29, 0.717) is 6.42 Å². The predicted molar refractivity (Wildman–Crippen MR) is 64.5 cm³/mol. The Morgan fingerprint density at radius 2 is 1.79 bits per heavy atom. The number of carboxylic acid groups (broad SMARTS) is 2. The summed E-state index contributed by atoms with van der Waals surface area (Å²) < 4.78 is 4.92. The van der Waals surface area contributed by atoms with Gasteiger partial charge in [-0.05, 0) is 13.3 Å². The lowest BCUT2D eigenvalue weighted by Gasteiger charge is -2.21. The highest BCUT2D eigenvalue weighted by Crippen LogP contribution is 2.18. The molecular formula is C12H20O7. The Hall–Kier alpha value is -1.63. The third-order valence-electron chi connectivity index (χ3n) is 2.58. The molecule has 110 valence electrons. The van der Waals surface area contributed by atoms with Crippen molar-refractivity contribution in [2.45, 2.75) is 57.7 Å². The summed E-state index contributed by atoms with van der Waals surface area (Å²) in [4.78, 5) is 32.8. The Labute approximate surface area is 111 Å². The van der Waals surface area contributed by atoms with Crippen LogP contribution in [-0.4, -0.2) is 44.9 Å². The van der Waals surface area contributed by atoms with Gasteiger partial charge in [0, 0.05) is 0 Å². The zero-order valence-corrected chi connectivity index (χ0v) is 11.1. The molecule has 7 nitrogen and oxygen atoms in total. The van der Waals surface area contributed by atoms with Crippen molar-refractivity contribution in [3.63, 3.8) is 0 Å². The number of carbonyl (C=O) groups is 3. The van der Waals surface area contributed by atoms with Crippen molar-refractivity contribution >= 4 is 17.9 Å². The van der Waals surface area contributed by atoms with Crippen molar-refractivity contribution in [1.29, 1.82) is 0 Å². The second kappa shape index (κ2) is 7.73. The van der Waals surface area contributed by atoms with Crippen molar-refractivity contribution in [3.8, 4) is 0 Å². The number of carbonyl (C=O) groups excluding carboxylic acids is 1. The first-order valence-electron chi connectivity index (χ1n) is 6.08. The number of esters is 1. The summed E-state index contributed by atoms with van der Waals surface area (Å²) in [5, 5.41) is 27.0. The van der Waals surface area contributed by atoms with Crippen LogP contribution in [0.5, 0.6) is 0 Å². The maximum atomic E-state index is 11.5. The molecule has 0 fully saturated rings. The molecule has 0 amide bonds. The first-order valence-corrected chi connectivity index (χ1v) is 6.08. The zero-order valence-electron chi connectivity index (χ0n) is 11.1. The van der Waals surface area contributed by atoms with Crippen LogP contribution in [0.25, 0.3) is 0 Å². The second-order valence-corrected chi connectivity index (χ2v) is 4.53. The van der Waals surface area contributed by atoms with E-state index in [1.807, 2.05) is 6.92 Å². The van der Waals surface area contributed by atoms with Gasteiger partial charge in [-0.15, -0.1) is 0 Å². The molecule has 0 aromatic heterocycles. The van der Waals surface area contributed by atoms with Gasteiger partial charge in [0.2, 0.25) is 0 Å². The Morgan fingerprint density at radius 3 is 2.21 bits per heavy atom. The normalized spacial score (nSPS) is 15.3. The fraction of sp³-hybridized carbons (Fsp3) is 0.750. The van der Waals surface area contributed by atoms with E-state index in [-0.39, 0.29) is 0 Å². The van der Waals surface area contributed by atoms with E-state index in [4.69, 9.17) is 14.9 Å². The number of aliphatic carboxylic acids is 2. The maximum absolute atomic E-state index is 11.5. The summed E-state index contributed by atoms with van der Waals surface area (Å²) in [5.74, 6) is -4.18. The van der Waals surface area contributed by atoms with Gasteiger partial charge in [-0.1, -0.05) is 19.8 Å². The molecule has 0 rings (SSSR count). The standard InChI is InChI=1S/C12H20O7/c1-3-4-5-8(2)19-10(15)7-12(18,11(16)17)6-9(13)14/h8,18H,3-7H2,1-2H3,(H,13,14)(H,16,17). The number of hydrogen-bond donors (Lipinski definition) is 3. The lowest BCUT2D eigenvalue weighted by atomic mass is 9.96. The van der Waals surface area contributed by atoms with Crippen molar-refractivity contribution in [1.82, 2.24) is 0 Å². The Kier molecular flexibility index (Phi) is 7.06. The molecule has 7 heteroatoms. The van der Waals surface area contributed by atoms with Crippen molar-refractivity contribution in [2.24, 2.45) is 0 Å². The van der Waals surface area contributed by atoms with Crippen molar-refractivity contribution in [2.75, 3.05) is 0 Å². The molecular weight excluding hydrogens is 256 g/mol. The molecule has 0 aromatic rings. The van der Waals surface area contributed by atoms with Crippen LogP contribution in [0.3, 0.4) is 0 Å². The van der Waals surface area contributed by atoms with Crippen LogP contribution in [-0.2, 0) is 19.1 Å². The lowest BCUT2D eigenvalue weighted by molar-refractivity contribution is -0.173. The Bertz CT molecular complexity index is 339. The van der Waals surface area contributed by atoms with Gasteiger partial charge < -0.3 is 20.1 Å². The molecule has 0 aromatic carbocycles. The fourth-order valence-electron chi connectivity index (χ4n) is 1.52. The number of unbranched alkanes of at least 4 members (excludes halogenated alkanes) is 1. The molecule has 3 N–H and O–H groups in total. The maximum Gasteiger partial charge on any atom is 0.336 e. The number of aliphatic hydroxyl groups is 1. The van der Waals surface area contributed by atoms with Crippen molar-refractivity contribution in [3.05, 3.63) is 0 Å². The average Bonchev–Trinajstić information content (AvgIpc) is 2.24. The first kappa shape index (κ1) is 17.4. The van der Waals surface area contributed by atoms with Crippen LogP contribution in [0.1, 0.15) is 46.0 Å². The average molecular weight is 276 g/mol. The van der Waals surface area contributed by atoms with E-state index in [9.17, 15) is 19.5 Å². The van der Waals surface area contributed by atoms with E-state index in [1.54, 1.807) is 6.92 Å². The number of ether oxygens (including phenoxy) is 1. The van der Waals surface area contributed by atoms with Crippen LogP contribution in [0.2, 0.25) is 0 Å². The summed E-state index contributed by atoms with van der Waals surface area (Å²) in [5.41, 5.74) is -2.63. The highest BCUT2D eigenvalue weighted by atomic mass is 16.5. The summed E-state index contributed by atoms with van der Waals surface area (Å²) >= 11 is 0. The van der Waals surface area contributed by atoms with Crippen molar-refractivity contribution < 1.29 is 34.4 Å². The van der Waals surface area contributed by atoms with Crippen LogP contribution in [0, 0.1) is 0 Å². The van der Waals surface area contributed by atoms with Gasteiger partial charge in [-0.25, -0.2) is 4.79 Å². The molecule has 0 spiro atoms. The molecule has 0 saturated carbocycles. The quantitative estimate of drug-likeness (QED) is 0.532. The summed E-state index contributed by atoms with van der Waals surface area (Å²) in [6.45, 7) is 3.63. The van der Waals surface area contributed by atoms with E-state index in [0.717, 1.165) is 12.8 Å². The number of carboxylic acids is 2. The molecule has 0 radical (unpaired) electrons. The zero-order chi connectivity index (χ0) is 15.1. The topological polar surface area (TPSA) is 121 Å². The minimum Gasteiger partial charge on any atom is -0.481 e. The molecule has 0 aliphatic rings. The molecule has 0 bridgehead atoms. The third kappa shape index (κ3) is 6.76. The molecule has 2 atom stereocenters. The first-order chi connectivity index (χ1) is 8.71.